The summed E-state index contributed by atoms with van der Waals surface area (Å²) in [5.41, 5.74) is 0. The molecule has 0 radical (unpaired) electrons. The molecule has 0 aliphatic rings. The van der Waals surface area contributed by atoms with Crippen molar-refractivity contribution in [2.75, 3.05) is 19.1 Å². The number of hydrogen-bond acceptors (Lipinski definition) is 7. The lowest BCUT2D eigenvalue weighted by Crippen LogP contribution is -2.27. The Morgan fingerprint density at radius 2 is 2.15 bits per heavy atom. The van der Waals surface area contributed by atoms with Crippen LogP contribution in [0.3, 0.4) is 0 Å². The number of hydrogen-bond donors (Lipinski definition) is 0. The van der Waals surface area contributed by atoms with Gasteiger partial charge in [0.1, 0.15) is 11.5 Å². The molecule has 2 aromatic heterocycles. The SMILES string of the molecule is CSc1nnc(SCC(=O)N(C)Cc2ccc(C)o2)s1. The van der Waals surface area contributed by atoms with E-state index in [1.54, 1.807) is 23.7 Å². The van der Waals surface area contributed by atoms with Crippen LogP contribution in [-0.4, -0.2) is 40.1 Å². The molecule has 0 fully saturated rings. The first-order chi connectivity index (χ1) is 9.58. The van der Waals surface area contributed by atoms with Crippen LogP contribution in [0.25, 0.3) is 0 Å². The second-order valence-corrected chi connectivity index (χ2v) is 7.34. The molecule has 0 aromatic carbocycles. The van der Waals surface area contributed by atoms with E-state index in [9.17, 15) is 4.79 Å². The lowest BCUT2D eigenvalue weighted by Gasteiger charge is -2.14. The third-order valence-electron chi connectivity index (χ3n) is 2.50. The monoisotopic (exact) mass is 329 g/mol. The van der Waals surface area contributed by atoms with Crippen molar-refractivity contribution in [3.8, 4) is 0 Å². The number of aryl methyl sites for hydroxylation is 1. The molecular weight excluding hydrogens is 314 g/mol. The van der Waals surface area contributed by atoms with Crippen LogP contribution >= 0.6 is 34.9 Å². The topological polar surface area (TPSA) is 59.2 Å². The molecule has 0 aliphatic heterocycles. The number of rotatable bonds is 6. The minimum atomic E-state index is 0.0463. The van der Waals surface area contributed by atoms with E-state index in [4.69, 9.17) is 4.42 Å². The van der Waals surface area contributed by atoms with Crippen molar-refractivity contribution in [2.24, 2.45) is 0 Å². The molecule has 0 spiro atoms. The van der Waals surface area contributed by atoms with Crippen LogP contribution in [0.1, 0.15) is 11.5 Å². The van der Waals surface area contributed by atoms with E-state index in [0.717, 1.165) is 20.2 Å². The summed E-state index contributed by atoms with van der Waals surface area (Å²) < 4.78 is 7.20. The van der Waals surface area contributed by atoms with Gasteiger partial charge >= 0.3 is 0 Å². The molecule has 0 saturated carbocycles. The Morgan fingerprint density at radius 3 is 2.75 bits per heavy atom. The molecular formula is C12H15N3O2S3. The maximum absolute atomic E-state index is 12.0. The Morgan fingerprint density at radius 1 is 1.40 bits per heavy atom. The maximum atomic E-state index is 12.0. The van der Waals surface area contributed by atoms with Gasteiger partial charge in [-0.15, -0.1) is 10.2 Å². The van der Waals surface area contributed by atoms with E-state index in [-0.39, 0.29) is 5.91 Å². The molecule has 0 saturated heterocycles. The normalized spacial score (nSPS) is 10.8. The van der Waals surface area contributed by atoms with Gasteiger partial charge in [0.05, 0.1) is 12.3 Å². The summed E-state index contributed by atoms with van der Waals surface area (Å²) >= 11 is 4.49. The smallest absolute Gasteiger partial charge is 0.233 e. The fourth-order valence-corrected chi connectivity index (χ4v) is 3.84. The molecule has 1 amide bonds. The summed E-state index contributed by atoms with van der Waals surface area (Å²) in [6.45, 7) is 2.37. The van der Waals surface area contributed by atoms with Crippen LogP contribution in [-0.2, 0) is 11.3 Å². The van der Waals surface area contributed by atoms with Crippen LogP contribution in [0.5, 0.6) is 0 Å². The Labute approximate surface area is 130 Å². The van der Waals surface area contributed by atoms with Gasteiger partial charge in [0.15, 0.2) is 8.68 Å². The Kier molecular flexibility index (Phi) is 5.50. The molecule has 20 heavy (non-hydrogen) atoms. The minimum Gasteiger partial charge on any atom is -0.464 e. The van der Waals surface area contributed by atoms with E-state index in [0.29, 0.717) is 12.3 Å². The summed E-state index contributed by atoms with van der Waals surface area (Å²) in [5.74, 6) is 2.06. The average molecular weight is 329 g/mol. The van der Waals surface area contributed by atoms with Crippen LogP contribution in [0.2, 0.25) is 0 Å². The van der Waals surface area contributed by atoms with Gasteiger partial charge in [-0.3, -0.25) is 4.79 Å². The van der Waals surface area contributed by atoms with Crippen molar-refractivity contribution in [1.29, 1.82) is 0 Å². The zero-order chi connectivity index (χ0) is 14.5. The maximum Gasteiger partial charge on any atom is 0.233 e. The zero-order valence-corrected chi connectivity index (χ0v) is 13.9. The van der Waals surface area contributed by atoms with Crippen molar-refractivity contribution >= 4 is 40.8 Å². The summed E-state index contributed by atoms with van der Waals surface area (Å²) in [5, 5.41) is 8.03. The minimum absolute atomic E-state index is 0.0463. The van der Waals surface area contributed by atoms with Crippen molar-refractivity contribution in [1.82, 2.24) is 15.1 Å². The molecule has 2 rings (SSSR count). The van der Waals surface area contributed by atoms with Crippen LogP contribution in [0.15, 0.2) is 25.2 Å². The highest BCUT2D eigenvalue weighted by Crippen LogP contribution is 2.27. The lowest BCUT2D eigenvalue weighted by molar-refractivity contribution is -0.127. The lowest BCUT2D eigenvalue weighted by atomic mass is 10.4. The number of aromatic nitrogens is 2. The van der Waals surface area contributed by atoms with Crippen LogP contribution in [0.4, 0.5) is 0 Å². The third-order valence-corrected chi connectivity index (χ3v) is 5.51. The van der Waals surface area contributed by atoms with Gasteiger partial charge in [0.25, 0.3) is 0 Å². The van der Waals surface area contributed by atoms with E-state index in [1.165, 1.54) is 23.1 Å². The first-order valence-electron chi connectivity index (χ1n) is 5.88. The predicted octanol–water partition coefficient (Wildman–Crippen LogP) is 2.91. The zero-order valence-electron chi connectivity index (χ0n) is 11.5. The molecule has 0 aliphatic carbocycles. The first kappa shape index (κ1) is 15.4. The van der Waals surface area contributed by atoms with Gasteiger partial charge in [-0.1, -0.05) is 34.9 Å². The number of furan rings is 1. The Hall–Kier alpha value is -0.990. The van der Waals surface area contributed by atoms with Gasteiger partial charge in [0, 0.05) is 7.05 Å². The van der Waals surface area contributed by atoms with Gasteiger partial charge < -0.3 is 9.32 Å². The summed E-state index contributed by atoms with van der Waals surface area (Å²) in [6.07, 6.45) is 1.96. The van der Waals surface area contributed by atoms with Crippen molar-refractivity contribution in [3.05, 3.63) is 23.7 Å². The Balaban J connectivity index is 1.81. The van der Waals surface area contributed by atoms with E-state index < -0.39 is 0 Å². The highest BCUT2D eigenvalue weighted by atomic mass is 32.2. The number of carbonyl (C=O) groups is 1. The van der Waals surface area contributed by atoms with E-state index in [2.05, 4.69) is 10.2 Å². The molecule has 2 aromatic rings. The molecule has 0 atom stereocenters. The van der Waals surface area contributed by atoms with Crippen LogP contribution < -0.4 is 0 Å². The standard InChI is InChI=1S/C12H15N3O2S3/c1-8-4-5-9(17-8)6-15(2)10(16)7-19-12-14-13-11(18-3)20-12/h4-5H,6-7H2,1-3H3. The second kappa shape index (κ2) is 7.14. The number of nitrogens with zero attached hydrogens (tertiary/aromatic N) is 3. The van der Waals surface area contributed by atoms with Crippen molar-refractivity contribution in [2.45, 2.75) is 22.1 Å². The van der Waals surface area contributed by atoms with Crippen LogP contribution in [0, 0.1) is 6.92 Å². The van der Waals surface area contributed by atoms with Gasteiger partial charge in [-0.05, 0) is 25.3 Å². The van der Waals surface area contributed by atoms with Gasteiger partial charge in [0.2, 0.25) is 5.91 Å². The number of amides is 1. The molecule has 5 nitrogen and oxygen atoms in total. The Bertz CT molecular complexity index is 582. The fraction of sp³-hybridized carbons (Fsp3) is 0.417. The summed E-state index contributed by atoms with van der Waals surface area (Å²) in [6, 6.07) is 3.79. The van der Waals surface area contributed by atoms with Gasteiger partial charge in [-0.2, -0.15) is 0 Å². The fourth-order valence-electron chi connectivity index (χ4n) is 1.46. The number of thioether (sulfide) groups is 2. The molecule has 8 heteroatoms. The van der Waals surface area contributed by atoms with E-state index >= 15 is 0 Å². The molecule has 0 unspecified atom stereocenters. The quantitative estimate of drug-likeness (QED) is 0.760. The summed E-state index contributed by atoms with van der Waals surface area (Å²) in [7, 11) is 1.77. The average Bonchev–Trinajstić information content (AvgIpc) is 3.04. The number of carbonyl (C=O) groups excluding carboxylic acids is 1. The highest BCUT2D eigenvalue weighted by molar-refractivity contribution is 8.03. The third kappa shape index (κ3) is 4.26. The largest absolute Gasteiger partial charge is 0.464 e. The van der Waals surface area contributed by atoms with Gasteiger partial charge in [-0.25, -0.2) is 0 Å². The predicted molar refractivity (Wildman–Crippen MR) is 82.3 cm³/mol. The molecule has 0 bridgehead atoms. The van der Waals surface area contributed by atoms with E-state index in [1.807, 2.05) is 25.3 Å². The summed E-state index contributed by atoms with van der Waals surface area (Å²) in [4.78, 5) is 13.7. The highest BCUT2D eigenvalue weighted by Gasteiger charge is 2.13. The molecule has 108 valence electrons. The van der Waals surface area contributed by atoms with Crippen molar-refractivity contribution < 1.29 is 9.21 Å². The second-order valence-electron chi connectivity index (χ2n) is 4.09. The molecule has 0 N–H and O–H groups in total. The first-order valence-corrected chi connectivity index (χ1v) is 8.90. The molecule has 2 heterocycles. The van der Waals surface area contributed by atoms with Crippen molar-refractivity contribution in [3.63, 3.8) is 0 Å².